The van der Waals surface area contributed by atoms with E-state index in [1.807, 2.05) is 36.4 Å². The first-order valence-corrected chi connectivity index (χ1v) is 9.59. The SMILES string of the molecule is O=C1NCCCC12CCCN2Cc1cccc(Oc2ccc(Cl)cc2)c1. The number of amides is 1. The van der Waals surface area contributed by atoms with Gasteiger partial charge in [-0.2, -0.15) is 0 Å². The molecular formula is C21H23ClN2O2. The molecule has 1 unspecified atom stereocenters. The summed E-state index contributed by atoms with van der Waals surface area (Å²) in [5.74, 6) is 1.76. The minimum Gasteiger partial charge on any atom is -0.457 e. The van der Waals surface area contributed by atoms with Crippen LogP contribution in [-0.2, 0) is 11.3 Å². The predicted molar refractivity (Wildman–Crippen MR) is 103 cm³/mol. The third-order valence-corrected chi connectivity index (χ3v) is 5.67. The fourth-order valence-corrected chi connectivity index (χ4v) is 4.26. The lowest BCUT2D eigenvalue weighted by Crippen LogP contribution is -2.58. The maximum Gasteiger partial charge on any atom is 0.240 e. The molecule has 0 saturated carbocycles. The molecule has 1 atom stereocenters. The Morgan fingerprint density at radius 1 is 1.08 bits per heavy atom. The molecule has 4 rings (SSSR count). The molecule has 2 aliphatic rings. The normalized spacial score (nSPS) is 23.2. The summed E-state index contributed by atoms with van der Waals surface area (Å²) in [5, 5.41) is 3.75. The molecule has 1 spiro atoms. The number of hydrogen-bond donors (Lipinski definition) is 1. The van der Waals surface area contributed by atoms with Gasteiger partial charge in [-0.15, -0.1) is 0 Å². The summed E-state index contributed by atoms with van der Waals surface area (Å²) in [7, 11) is 0. The molecule has 2 aromatic carbocycles. The van der Waals surface area contributed by atoms with Crippen molar-refractivity contribution >= 4 is 17.5 Å². The lowest BCUT2D eigenvalue weighted by Gasteiger charge is -2.40. The van der Waals surface area contributed by atoms with Gasteiger partial charge in [0.05, 0.1) is 0 Å². The monoisotopic (exact) mass is 370 g/mol. The Balaban J connectivity index is 1.50. The maximum atomic E-state index is 12.6. The molecule has 26 heavy (non-hydrogen) atoms. The van der Waals surface area contributed by atoms with Crippen molar-refractivity contribution in [2.45, 2.75) is 37.8 Å². The highest BCUT2D eigenvalue weighted by atomic mass is 35.5. The smallest absolute Gasteiger partial charge is 0.240 e. The minimum absolute atomic E-state index is 0.204. The summed E-state index contributed by atoms with van der Waals surface area (Å²) in [5.41, 5.74) is 0.849. The Morgan fingerprint density at radius 3 is 2.69 bits per heavy atom. The summed E-state index contributed by atoms with van der Waals surface area (Å²) in [6.45, 7) is 2.54. The Kier molecular flexibility index (Phi) is 4.88. The first-order valence-electron chi connectivity index (χ1n) is 9.21. The second-order valence-corrected chi connectivity index (χ2v) is 7.56. The standard InChI is InChI=1S/C21H23ClN2O2/c22-17-6-8-18(9-7-17)26-19-5-1-4-16(14-19)15-24-13-3-11-21(24)10-2-12-23-20(21)25/h1,4-9,14H,2-3,10-13,15H2,(H,23,25). The zero-order chi connectivity index (χ0) is 18.0. The number of carbonyl (C=O) groups excluding carboxylic acids is 1. The molecule has 136 valence electrons. The summed E-state index contributed by atoms with van der Waals surface area (Å²) in [6.07, 6.45) is 4.05. The van der Waals surface area contributed by atoms with Crippen LogP contribution in [0.15, 0.2) is 48.5 Å². The van der Waals surface area contributed by atoms with Crippen molar-refractivity contribution in [2.75, 3.05) is 13.1 Å². The number of carbonyl (C=O) groups is 1. The van der Waals surface area contributed by atoms with E-state index in [9.17, 15) is 4.79 Å². The van der Waals surface area contributed by atoms with Gasteiger partial charge >= 0.3 is 0 Å². The molecule has 0 bridgehead atoms. The lowest BCUT2D eigenvalue weighted by atomic mass is 9.86. The topological polar surface area (TPSA) is 41.6 Å². The van der Waals surface area contributed by atoms with E-state index < -0.39 is 0 Å². The van der Waals surface area contributed by atoms with E-state index >= 15 is 0 Å². The molecule has 0 aromatic heterocycles. The van der Waals surface area contributed by atoms with Crippen LogP contribution in [-0.4, -0.2) is 29.4 Å². The predicted octanol–water partition coefficient (Wildman–Crippen LogP) is 4.38. The Labute approximate surface area is 159 Å². The Bertz CT molecular complexity index is 793. The van der Waals surface area contributed by atoms with E-state index in [1.165, 1.54) is 0 Å². The highest BCUT2D eigenvalue weighted by molar-refractivity contribution is 6.30. The van der Waals surface area contributed by atoms with Gasteiger partial charge in [0.25, 0.3) is 0 Å². The van der Waals surface area contributed by atoms with Gasteiger partial charge in [-0.3, -0.25) is 9.69 Å². The molecule has 0 aliphatic carbocycles. The van der Waals surface area contributed by atoms with Crippen LogP contribution in [0.25, 0.3) is 0 Å². The minimum atomic E-state index is -0.314. The Morgan fingerprint density at radius 2 is 1.88 bits per heavy atom. The molecule has 2 fully saturated rings. The lowest BCUT2D eigenvalue weighted by molar-refractivity contribution is -0.134. The van der Waals surface area contributed by atoms with Crippen molar-refractivity contribution in [2.24, 2.45) is 0 Å². The zero-order valence-electron chi connectivity index (χ0n) is 14.7. The third kappa shape index (κ3) is 3.44. The summed E-state index contributed by atoms with van der Waals surface area (Å²) in [6, 6.07) is 15.5. The molecule has 2 heterocycles. The number of ether oxygens (including phenoxy) is 1. The van der Waals surface area contributed by atoms with Crippen molar-refractivity contribution < 1.29 is 9.53 Å². The largest absolute Gasteiger partial charge is 0.457 e. The summed E-state index contributed by atoms with van der Waals surface area (Å²) < 4.78 is 5.94. The van der Waals surface area contributed by atoms with Crippen molar-refractivity contribution in [3.63, 3.8) is 0 Å². The van der Waals surface area contributed by atoms with Gasteiger partial charge in [0, 0.05) is 18.1 Å². The number of nitrogens with zero attached hydrogens (tertiary/aromatic N) is 1. The number of likely N-dealkylation sites (tertiary alicyclic amines) is 1. The molecule has 0 radical (unpaired) electrons. The van der Waals surface area contributed by atoms with E-state index in [1.54, 1.807) is 0 Å². The molecule has 1 amide bonds. The number of nitrogens with one attached hydrogen (secondary N) is 1. The number of rotatable bonds is 4. The molecule has 2 saturated heterocycles. The van der Waals surface area contributed by atoms with Gasteiger partial charge in [0.15, 0.2) is 0 Å². The van der Waals surface area contributed by atoms with Crippen LogP contribution in [0.1, 0.15) is 31.2 Å². The average molecular weight is 371 g/mol. The average Bonchev–Trinajstić information content (AvgIpc) is 3.03. The molecular weight excluding hydrogens is 348 g/mol. The highest BCUT2D eigenvalue weighted by Crippen LogP contribution is 2.37. The van der Waals surface area contributed by atoms with Crippen molar-refractivity contribution in [3.05, 3.63) is 59.1 Å². The summed E-state index contributed by atoms with van der Waals surface area (Å²) in [4.78, 5) is 14.9. The molecule has 4 nitrogen and oxygen atoms in total. The second kappa shape index (κ2) is 7.29. The fourth-order valence-electron chi connectivity index (χ4n) is 4.13. The fraction of sp³-hybridized carbons (Fsp3) is 0.381. The number of piperidine rings is 1. The van der Waals surface area contributed by atoms with Crippen molar-refractivity contribution in [1.82, 2.24) is 10.2 Å². The number of benzene rings is 2. The van der Waals surface area contributed by atoms with E-state index in [4.69, 9.17) is 16.3 Å². The third-order valence-electron chi connectivity index (χ3n) is 5.42. The van der Waals surface area contributed by atoms with Crippen LogP contribution < -0.4 is 10.1 Å². The molecule has 2 aromatic rings. The quantitative estimate of drug-likeness (QED) is 0.868. The van der Waals surface area contributed by atoms with Gasteiger partial charge in [0.1, 0.15) is 17.0 Å². The highest BCUT2D eigenvalue weighted by Gasteiger charge is 2.48. The van der Waals surface area contributed by atoms with E-state index in [0.717, 1.165) is 62.4 Å². The van der Waals surface area contributed by atoms with Crippen LogP contribution >= 0.6 is 11.6 Å². The zero-order valence-corrected chi connectivity index (χ0v) is 15.5. The van der Waals surface area contributed by atoms with Gasteiger partial charge in [-0.1, -0.05) is 23.7 Å². The molecule has 2 aliphatic heterocycles. The number of hydrogen-bond acceptors (Lipinski definition) is 3. The Hall–Kier alpha value is -2.04. The first-order chi connectivity index (χ1) is 12.7. The van der Waals surface area contributed by atoms with Crippen LogP contribution in [0.2, 0.25) is 5.02 Å². The van der Waals surface area contributed by atoms with Crippen LogP contribution in [0.4, 0.5) is 0 Å². The molecule has 5 heteroatoms. The van der Waals surface area contributed by atoms with Gasteiger partial charge in [0.2, 0.25) is 5.91 Å². The van der Waals surface area contributed by atoms with Gasteiger partial charge in [-0.25, -0.2) is 0 Å². The molecule has 1 N–H and O–H groups in total. The maximum absolute atomic E-state index is 12.6. The second-order valence-electron chi connectivity index (χ2n) is 7.12. The van der Waals surface area contributed by atoms with E-state index in [0.29, 0.717) is 5.02 Å². The first kappa shape index (κ1) is 17.4. The van der Waals surface area contributed by atoms with Gasteiger partial charge in [-0.05, 0) is 74.2 Å². The van der Waals surface area contributed by atoms with Gasteiger partial charge < -0.3 is 10.1 Å². The van der Waals surface area contributed by atoms with Crippen LogP contribution in [0.3, 0.4) is 0 Å². The van der Waals surface area contributed by atoms with Crippen LogP contribution in [0.5, 0.6) is 11.5 Å². The van der Waals surface area contributed by atoms with Crippen molar-refractivity contribution in [3.8, 4) is 11.5 Å². The number of halogens is 1. The summed E-state index contributed by atoms with van der Waals surface area (Å²) >= 11 is 5.92. The van der Waals surface area contributed by atoms with Crippen LogP contribution in [0, 0.1) is 0 Å². The van der Waals surface area contributed by atoms with E-state index in [2.05, 4.69) is 22.3 Å². The van der Waals surface area contributed by atoms with Crippen molar-refractivity contribution in [1.29, 1.82) is 0 Å². The van der Waals surface area contributed by atoms with E-state index in [-0.39, 0.29) is 11.4 Å².